The van der Waals surface area contributed by atoms with Gasteiger partial charge < -0.3 is 0 Å². The molecule has 0 heterocycles. The number of hydrogen-bond donors (Lipinski definition) is 0. The lowest BCUT2D eigenvalue weighted by atomic mass is 9.80. The predicted octanol–water partition coefficient (Wildman–Crippen LogP) is 17.2. The molecular weight excluding hydrogens is 685 g/mol. The van der Waals surface area contributed by atoms with Crippen LogP contribution in [0.5, 0.6) is 0 Å². The topological polar surface area (TPSA) is 0 Å². The van der Waals surface area contributed by atoms with Crippen molar-refractivity contribution in [2.45, 2.75) is 81.1 Å². The zero-order chi connectivity index (χ0) is 40.7. The maximum atomic E-state index is 2.36. The number of benzene rings is 8. The molecular formula is C57H62. The summed E-state index contributed by atoms with van der Waals surface area (Å²) < 4.78 is 0. The van der Waals surface area contributed by atoms with Gasteiger partial charge in [-0.2, -0.15) is 0 Å². The van der Waals surface area contributed by atoms with Crippen LogP contribution in [-0.2, 0) is 0 Å². The summed E-state index contributed by atoms with van der Waals surface area (Å²) in [5.41, 5.74) is 14.5. The number of fused-ring (bicyclic) bond motifs is 3. The molecule has 290 valence electrons. The normalized spacial score (nSPS) is 11.1. The lowest BCUT2D eigenvalue weighted by molar-refractivity contribution is 0.626. The maximum absolute atomic E-state index is 2.36. The molecule has 0 aliphatic carbocycles. The molecule has 1 unspecified atom stereocenters. The molecule has 8 aromatic carbocycles. The van der Waals surface area contributed by atoms with Gasteiger partial charge in [0.1, 0.15) is 0 Å². The molecule has 0 spiro atoms. The van der Waals surface area contributed by atoms with Gasteiger partial charge in [0.05, 0.1) is 0 Å². The third-order valence-electron chi connectivity index (χ3n) is 11.0. The van der Waals surface area contributed by atoms with E-state index in [1.54, 1.807) is 0 Å². The van der Waals surface area contributed by atoms with Gasteiger partial charge in [-0.25, -0.2) is 0 Å². The second-order valence-electron chi connectivity index (χ2n) is 15.7. The van der Waals surface area contributed by atoms with E-state index in [2.05, 4.69) is 202 Å². The SMILES string of the molecule is CCC(C)C.CCC(C)c1cccc(-c2ccc(-c3ccc(C)cc3)cc2)c1-c1c(C)c2ccccc2c2ccccc12.Cc1ccccc1.Cc1ccccc1. The van der Waals surface area contributed by atoms with Crippen molar-refractivity contribution in [2.24, 2.45) is 5.92 Å². The molecule has 57 heavy (non-hydrogen) atoms. The van der Waals surface area contributed by atoms with Gasteiger partial charge in [0.2, 0.25) is 0 Å². The van der Waals surface area contributed by atoms with Crippen molar-refractivity contribution in [3.8, 4) is 33.4 Å². The lowest BCUT2D eigenvalue weighted by Crippen LogP contribution is -2.00. The highest BCUT2D eigenvalue weighted by Gasteiger charge is 2.21. The van der Waals surface area contributed by atoms with E-state index >= 15 is 0 Å². The Balaban J connectivity index is 0.000000266. The van der Waals surface area contributed by atoms with E-state index in [1.807, 2.05) is 36.4 Å². The molecule has 8 rings (SSSR count). The molecule has 0 saturated heterocycles. The quantitative estimate of drug-likeness (QED) is 0.149. The van der Waals surface area contributed by atoms with E-state index in [1.165, 1.54) is 89.2 Å². The molecule has 0 heteroatoms. The fraction of sp³-hybridized carbons (Fsp3) is 0.228. The van der Waals surface area contributed by atoms with E-state index in [9.17, 15) is 0 Å². The molecule has 0 N–H and O–H groups in total. The van der Waals surface area contributed by atoms with Gasteiger partial charge in [0.15, 0.2) is 0 Å². The van der Waals surface area contributed by atoms with Crippen molar-refractivity contribution in [2.75, 3.05) is 0 Å². The second kappa shape index (κ2) is 21.0. The molecule has 1 atom stereocenters. The van der Waals surface area contributed by atoms with Gasteiger partial charge in [-0.15, -0.1) is 0 Å². The Bertz CT molecular complexity index is 2380. The first-order chi connectivity index (χ1) is 27.6. The van der Waals surface area contributed by atoms with Crippen molar-refractivity contribution < 1.29 is 0 Å². The van der Waals surface area contributed by atoms with Crippen molar-refractivity contribution in [1.29, 1.82) is 0 Å². The third-order valence-corrected chi connectivity index (χ3v) is 11.0. The highest BCUT2D eigenvalue weighted by molar-refractivity contribution is 6.17. The summed E-state index contributed by atoms with van der Waals surface area (Å²) in [4.78, 5) is 0. The largest absolute Gasteiger partial charge is 0.0651 e. The minimum atomic E-state index is 0.460. The maximum Gasteiger partial charge on any atom is -0.00606 e. The van der Waals surface area contributed by atoms with Crippen molar-refractivity contribution in [3.05, 3.63) is 204 Å². The van der Waals surface area contributed by atoms with E-state index in [-0.39, 0.29) is 0 Å². The second-order valence-corrected chi connectivity index (χ2v) is 15.7. The summed E-state index contributed by atoms with van der Waals surface area (Å²) in [7, 11) is 0. The minimum absolute atomic E-state index is 0.460. The molecule has 0 aliphatic heterocycles. The van der Waals surface area contributed by atoms with E-state index in [0.29, 0.717) is 5.92 Å². The lowest BCUT2D eigenvalue weighted by Gasteiger charge is -2.24. The molecule has 0 nitrogen and oxygen atoms in total. The molecule has 0 radical (unpaired) electrons. The number of hydrogen-bond acceptors (Lipinski definition) is 0. The zero-order valence-corrected chi connectivity index (χ0v) is 35.8. The molecule has 0 aliphatic rings. The first-order valence-corrected chi connectivity index (χ1v) is 20.9. The summed E-state index contributed by atoms with van der Waals surface area (Å²) in [6.07, 6.45) is 2.41. The Morgan fingerprint density at radius 1 is 0.351 bits per heavy atom. The van der Waals surface area contributed by atoms with Crippen LogP contribution in [0.1, 0.15) is 81.2 Å². The van der Waals surface area contributed by atoms with Crippen LogP contribution >= 0.6 is 0 Å². The average Bonchev–Trinajstić information content (AvgIpc) is 3.25. The Hall–Kier alpha value is -5.72. The third kappa shape index (κ3) is 11.2. The summed E-state index contributed by atoms with van der Waals surface area (Å²) >= 11 is 0. The fourth-order valence-corrected chi connectivity index (χ4v) is 7.02. The standard InChI is InChI=1S/C38H34.2C7H8.C5H12/c1-5-26(3)31-15-10-16-33(30-23-21-29(22-24-30)28-19-17-25(2)18-20-28)38(31)37-27(4)32-11-6-7-12-34(32)35-13-8-9-14-36(35)37;2*1-7-5-3-2-4-6-7;1-4-5(2)3/h6-24,26H,5H2,1-4H3;2*2-6H,1H3;5H,4H2,1-3H3. The first-order valence-electron chi connectivity index (χ1n) is 20.9. The van der Waals surface area contributed by atoms with Gasteiger partial charge in [0.25, 0.3) is 0 Å². The molecule has 8 aromatic rings. The van der Waals surface area contributed by atoms with Crippen molar-refractivity contribution in [1.82, 2.24) is 0 Å². The molecule has 0 saturated carbocycles. The van der Waals surface area contributed by atoms with Crippen LogP contribution in [0.3, 0.4) is 0 Å². The highest BCUT2D eigenvalue weighted by atomic mass is 14.2. The van der Waals surface area contributed by atoms with Crippen molar-refractivity contribution in [3.63, 3.8) is 0 Å². The van der Waals surface area contributed by atoms with E-state index in [0.717, 1.165) is 12.3 Å². The monoisotopic (exact) mass is 746 g/mol. The molecule has 0 fully saturated rings. The predicted molar refractivity (Wildman–Crippen MR) is 253 cm³/mol. The summed E-state index contributed by atoms with van der Waals surface area (Å²) in [6, 6.07) is 63.2. The van der Waals surface area contributed by atoms with Gasteiger partial charge >= 0.3 is 0 Å². The first kappa shape index (κ1) is 42.4. The Morgan fingerprint density at radius 3 is 1.21 bits per heavy atom. The van der Waals surface area contributed by atoms with Crippen LogP contribution < -0.4 is 0 Å². The zero-order valence-electron chi connectivity index (χ0n) is 35.8. The number of aryl methyl sites for hydroxylation is 4. The van der Waals surface area contributed by atoms with Crippen molar-refractivity contribution >= 4 is 21.5 Å². The van der Waals surface area contributed by atoms with Crippen LogP contribution in [-0.4, -0.2) is 0 Å². The van der Waals surface area contributed by atoms with Gasteiger partial charge in [-0.3, -0.25) is 0 Å². The van der Waals surface area contributed by atoms with E-state index < -0.39 is 0 Å². The molecule has 0 bridgehead atoms. The van der Waals surface area contributed by atoms with Crippen LogP contribution in [0.4, 0.5) is 0 Å². The van der Waals surface area contributed by atoms with Crippen LogP contribution in [0, 0.1) is 33.6 Å². The van der Waals surface area contributed by atoms with Crippen LogP contribution in [0.25, 0.3) is 54.9 Å². The minimum Gasteiger partial charge on any atom is -0.0651 e. The van der Waals surface area contributed by atoms with E-state index in [4.69, 9.17) is 0 Å². The Kier molecular flexibility index (Phi) is 15.6. The summed E-state index contributed by atoms with van der Waals surface area (Å²) in [5.74, 6) is 1.34. The average molecular weight is 747 g/mol. The van der Waals surface area contributed by atoms with Crippen LogP contribution in [0.15, 0.2) is 176 Å². The van der Waals surface area contributed by atoms with Gasteiger partial charge in [-0.05, 0) is 112 Å². The van der Waals surface area contributed by atoms with Crippen LogP contribution in [0.2, 0.25) is 0 Å². The smallest absolute Gasteiger partial charge is 0.00606 e. The Morgan fingerprint density at radius 2 is 0.754 bits per heavy atom. The summed E-state index contributed by atoms with van der Waals surface area (Å²) in [5, 5.41) is 5.32. The summed E-state index contributed by atoms with van der Waals surface area (Å²) in [6.45, 7) is 19.9. The Labute approximate surface area is 344 Å². The van der Waals surface area contributed by atoms with Gasteiger partial charge in [0, 0.05) is 0 Å². The molecule has 0 amide bonds. The fourth-order valence-electron chi connectivity index (χ4n) is 7.02. The highest BCUT2D eigenvalue weighted by Crippen LogP contribution is 2.46. The van der Waals surface area contributed by atoms with Gasteiger partial charge in [-0.1, -0.05) is 234 Å². The number of rotatable bonds is 6. The molecule has 0 aromatic heterocycles.